The summed E-state index contributed by atoms with van der Waals surface area (Å²) in [5.74, 6) is -0.381. The average molecular weight is 265 g/mol. The Morgan fingerprint density at radius 3 is 2.53 bits per heavy atom. The molecule has 100 valence electrons. The molecule has 1 rings (SSSR count). The molecule has 0 aliphatic rings. The van der Waals surface area contributed by atoms with E-state index in [0.29, 0.717) is 0 Å². The number of benzene rings is 1. The van der Waals surface area contributed by atoms with Gasteiger partial charge in [-0.1, -0.05) is 0 Å². The van der Waals surface area contributed by atoms with Gasteiger partial charge in [-0.2, -0.15) is 0 Å². The molecule has 8 heteroatoms. The number of nitro benzene ring substituents is 1. The minimum atomic E-state index is -0.934. The zero-order chi connectivity index (χ0) is 14.4. The van der Waals surface area contributed by atoms with E-state index in [-0.39, 0.29) is 23.0 Å². The molecule has 0 unspecified atom stereocenters. The van der Waals surface area contributed by atoms with Crippen molar-refractivity contribution >= 4 is 17.6 Å². The van der Waals surface area contributed by atoms with Crippen molar-refractivity contribution < 1.29 is 19.6 Å². The van der Waals surface area contributed by atoms with Crippen LogP contribution >= 0.6 is 0 Å². The highest BCUT2D eigenvalue weighted by Gasteiger charge is 2.08. The van der Waals surface area contributed by atoms with Gasteiger partial charge in [-0.25, -0.2) is 4.79 Å². The van der Waals surface area contributed by atoms with Crippen LogP contribution in [0.5, 0.6) is 5.75 Å². The number of amides is 1. The van der Waals surface area contributed by atoms with Crippen LogP contribution in [0.3, 0.4) is 0 Å². The Morgan fingerprint density at radius 2 is 2.05 bits per heavy atom. The summed E-state index contributed by atoms with van der Waals surface area (Å²) in [6.07, 6.45) is 0.0910. The molecule has 0 saturated carbocycles. The summed E-state index contributed by atoms with van der Waals surface area (Å²) >= 11 is 0. The molecule has 0 bridgehead atoms. The monoisotopic (exact) mass is 265 g/mol. The maximum Gasteiger partial charge on any atom is 0.418 e. The lowest BCUT2D eigenvalue weighted by molar-refractivity contribution is -0.384. The minimum absolute atomic E-state index is 0.0978. The Kier molecular flexibility index (Phi) is 4.58. The zero-order valence-corrected chi connectivity index (χ0v) is 9.91. The van der Waals surface area contributed by atoms with Gasteiger partial charge in [-0.05, 0) is 19.1 Å². The summed E-state index contributed by atoms with van der Waals surface area (Å²) in [6.45, 7) is 1.35. The largest absolute Gasteiger partial charge is 0.512 e. The molecule has 1 aromatic rings. The fourth-order valence-corrected chi connectivity index (χ4v) is 1.12. The number of ether oxygens (including phenoxy) is 1. The zero-order valence-electron chi connectivity index (χ0n) is 9.91. The molecule has 0 radical (unpaired) electrons. The van der Waals surface area contributed by atoms with Gasteiger partial charge in [0.25, 0.3) is 5.69 Å². The van der Waals surface area contributed by atoms with Crippen LogP contribution in [0.25, 0.3) is 0 Å². The highest BCUT2D eigenvalue weighted by Crippen LogP contribution is 2.17. The van der Waals surface area contributed by atoms with E-state index in [2.05, 4.69) is 0 Å². The van der Waals surface area contributed by atoms with E-state index < -0.39 is 11.0 Å². The molecule has 8 nitrogen and oxygen atoms in total. The summed E-state index contributed by atoms with van der Waals surface area (Å²) in [7, 11) is 0. The molecule has 0 saturated heterocycles. The Labute approximate surface area is 108 Å². The number of hydrogen-bond donors (Lipinski definition) is 3. The molecule has 1 amide bonds. The topological polar surface area (TPSA) is 126 Å². The van der Waals surface area contributed by atoms with Crippen molar-refractivity contribution in [3.8, 4) is 5.75 Å². The molecule has 0 spiro atoms. The lowest BCUT2D eigenvalue weighted by Gasteiger charge is -2.05. The predicted molar refractivity (Wildman–Crippen MR) is 66.4 cm³/mol. The van der Waals surface area contributed by atoms with Crippen LogP contribution in [0.1, 0.15) is 6.92 Å². The van der Waals surface area contributed by atoms with Crippen LogP contribution in [-0.2, 0) is 0 Å². The van der Waals surface area contributed by atoms with Crippen molar-refractivity contribution in [3.63, 3.8) is 0 Å². The summed E-state index contributed by atoms with van der Waals surface area (Å²) in [5.41, 5.74) is -0.126. The fraction of sp³-hybridized carbons (Fsp3) is 0.0909. The van der Waals surface area contributed by atoms with Crippen LogP contribution in [0.15, 0.2) is 36.1 Å². The van der Waals surface area contributed by atoms with Crippen LogP contribution in [0.4, 0.5) is 10.5 Å². The van der Waals surface area contributed by atoms with Gasteiger partial charge in [-0.3, -0.25) is 20.8 Å². The average Bonchev–Trinajstić information content (AvgIpc) is 2.27. The van der Waals surface area contributed by atoms with Gasteiger partial charge in [0.1, 0.15) is 11.6 Å². The Morgan fingerprint density at radius 1 is 1.47 bits per heavy atom. The Hall–Kier alpha value is -2.90. The molecule has 0 heterocycles. The maximum absolute atomic E-state index is 11.3. The predicted octanol–water partition coefficient (Wildman–Crippen LogP) is 2.12. The molecular formula is C11H11N3O5. The van der Waals surface area contributed by atoms with E-state index >= 15 is 0 Å². The first-order valence-electron chi connectivity index (χ1n) is 5.07. The number of non-ortho nitro benzene ring substituents is 1. The van der Waals surface area contributed by atoms with Gasteiger partial charge in [-0.15, -0.1) is 0 Å². The SMILES string of the molecule is C/C(O)=C/C(=N)NC(=O)Oc1ccc([N+](=O)[O-])cc1. The van der Waals surface area contributed by atoms with Crippen LogP contribution < -0.4 is 10.1 Å². The van der Waals surface area contributed by atoms with Crippen LogP contribution in [0.2, 0.25) is 0 Å². The number of nitrogens with zero attached hydrogens (tertiary/aromatic N) is 1. The number of aliphatic hydroxyl groups is 1. The standard InChI is InChI=1S/C11H11N3O5/c1-7(15)6-10(12)13-11(16)19-9-4-2-8(3-5-9)14(17)18/h2-6,15H,1H3,(H2,12,13,16)/b7-6-. The normalized spacial score (nSPS) is 10.7. The number of amidine groups is 1. The number of rotatable bonds is 3. The fourth-order valence-electron chi connectivity index (χ4n) is 1.12. The van der Waals surface area contributed by atoms with E-state index in [4.69, 9.17) is 15.3 Å². The number of nitro groups is 1. The van der Waals surface area contributed by atoms with E-state index in [9.17, 15) is 14.9 Å². The number of hydrogen-bond acceptors (Lipinski definition) is 6. The molecule has 0 aliphatic heterocycles. The number of carbonyl (C=O) groups is 1. The van der Waals surface area contributed by atoms with E-state index in [1.165, 1.54) is 31.2 Å². The number of carbonyl (C=O) groups excluding carboxylic acids is 1. The third kappa shape index (κ3) is 4.86. The van der Waals surface area contributed by atoms with E-state index in [0.717, 1.165) is 6.08 Å². The minimum Gasteiger partial charge on any atom is -0.512 e. The molecule has 1 aromatic carbocycles. The number of allylic oxidation sites excluding steroid dienone is 1. The van der Waals surface area contributed by atoms with Gasteiger partial charge in [0.2, 0.25) is 0 Å². The number of nitrogens with one attached hydrogen (secondary N) is 2. The van der Waals surface area contributed by atoms with Crippen molar-refractivity contribution in [2.75, 3.05) is 0 Å². The quantitative estimate of drug-likeness (QED) is 0.254. The van der Waals surface area contributed by atoms with Crippen LogP contribution in [-0.4, -0.2) is 22.0 Å². The van der Waals surface area contributed by atoms with Crippen LogP contribution in [0, 0.1) is 15.5 Å². The second-order valence-electron chi connectivity index (χ2n) is 3.46. The third-order valence-electron chi connectivity index (χ3n) is 1.85. The highest BCUT2D eigenvalue weighted by molar-refractivity contribution is 6.00. The van der Waals surface area contributed by atoms with Crippen molar-refractivity contribution in [1.82, 2.24) is 5.32 Å². The lowest BCUT2D eigenvalue weighted by atomic mass is 10.3. The highest BCUT2D eigenvalue weighted by atomic mass is 16.6. The molecule has 0 aliphatic carbocycles. The van der Waals surface area contributed by atoms with Gasteiger partial charge >= 0.3 is 6.09 Å². The molecule has 0 aromatic heterocycles. The first-order chi connectivity index (χ1) is 8.88. The summed E-state index contributed by atoms with van der Waals surface area (Å²) in [4.78, 5) is 21.1. The number of aliphatic hydroxyl groups excluding tert-OH is 1. The van der Waals surface area contributed by atoms with Crippen molar-refractivity contribution in [2.45, 2.75) is 6.92 Å². The summed E-state index contributed by atoms with van der Waals surface area (Å²) in [5, 5.41) is 28.6. The molecule has 0 atom stereocenters. The van der Waals surface area contributed by atoms with Gasteiger partial charge in [0.15, 0.2) is 0 Å². The van der Waals surface area contributed by atoms with E-state index in [1.54, 1.807) is 0 Å². The molecular weight excluding hydrogens is 254 g/mol. The van der Waals surface area contributed by atoms with Crippen molar-refractivity contribution in [3.05, 3.63) is 46.2 Å². The van der Waals surface area contributed by atoms with Gasteiger partial charge in [0, 0.05) is 18.2 Å². The van der Waals surface area contributed by atoms with Crippen molar-refractivity contribution in [2.24, 2.45) is 0 Å². The third-order valence-corrected chi connectivity index (χ3v) is 1.85. The lowest BCUT2D eigenvalue weighted by Crippen LogP contribution is -2.31. The second-order valence-corrected chi connectivity index (χ2v) is 3.46. The Balaban J connectivity index is 2.60. The molecule has 0 fully saturated rings. The second kappa shape index (κ2) is 6.15. The van der Waals surface area contributed by atoms with Gasteiger partial charge < -0.3 is 9.84 Å². The molecule has 3 N–H and O–H groups in total. The summed E-state index contributed by atoms with van der Waals surface area (Å²) in [6, 6.07) is 4.89. The van der Waals surface area contributed by atoms with Crippen molar-refractivity contribution in [1.29, 1.82) is 5.41 Å². The van der Waals surface area contributed by atoms with E-state index in [1.807, 2.05) is 5.32 Å². The first-order valence-corrected chi connectivity index (χ1v) is 5.07. The van der Waals surface area contributed by atoms with Gasteiger partial charge in [0.05, 0.1) is 10.7 Å². The summed E-state index contributed by atoms with van der Waals surface area (Å²) < 4.78 is 4.78. The first kappa shape index (κ1) is 14.2. The Bertz CT molecular complexity index is 532. The maximum atomic E-state index is 11.3. The molecule has 19 heavy (non-hydrogen) atoms. The smallest absolute Gasteiger partial charge is 0.418 e.